The first-order chi connectivity index (χ1) is 7.24. The van der Waals surface area contributed by atoms with Crippen molar-refractivity contribution in [2.45, 2.75) is 26.3 Å². The molecule has 5 heteroatoms. The number of nitrogens with zero attached hydrogens (tertiary/aromatic N) is 1. The van der Waals surface area contributed by atoms with Crippen LogP contribution in [0.15, 0.2) is 6.33 Å². The standard InChI is InChI=1S/C10H17N3O2/c1-8-9(13-7-12-8)6-11-5-3-4-10(14)15-2/h7,11H,3-6H2,1-2H3,(H,12,13). The van der Waals surface area contributed by atoms with E-state index in [-0.39, 0.29) is 5.97 Å². The zero-order valence-electron chi connectivity index (χ0n) is 9.17. The molecule has 0 radical (unpaired) electrons. The van der Waals surface area contributed by atoms with E-state index in [4.69, 9.17) is 0 Å². The molecule has 84 valence electrons. The summed E-state index contributed by atoms with van der Waals surface area (Å²) in [5.74, 6) is -0.159. The van der Waals surface area contributed by atoms with Crippen molar-refractivity contribution in [3.63, 3.8) is 0 Å². The molecule has 0 aliphatic heterocycles. The summed E-state index contributed by atoms with van der Waals surface area (Å²) < 4.78 is 4.54. The lowest BCUT2D eigenvalue weighted by molar-refractivity contribution is -0.140. The second-order valence-corrected chi connectivity index (χ2v) is 3.33. The molecule has 1 aromatic heterocycles. The van der Waals surface area contributed by atoms with E-state index in [9.17, 15) is 4.79 Å². The van der Waals surface area contributed by atoms with E-state index in [0.29, 0.717) is 6.42 Å². The lowest BCUT2D eigenvalue weighted by atomic mass is 10.3. The molecule has 0 saturated heterocycles. The van der Waals surface area contributed by atoms with Crippen molar-refractivity contribution in [2.75, 3.05) is 13.7 Å². The molecular formula is C10H17N3O2. The van der Waals surface area contributed by atoms with Gasteiger partial charge in [-0.05, 0) is 19.9 Å². The van der Waals surface area contributed by atoms with Crippen molar-refractivity contribution in [3.05, 3.63) is 17.7 Å². The lowest BCUT2D eigenvalue weighted by Crippen LogP contribution is -2.16. The highest BCUT2D eigenvalue weighted by atomic mass is 16.5. The number of aromatic amines is 1. The Kier molecular flexibility index (Phi) is 4.83. The predicted molar refractivity (Wildman–Crippen MR) is 56.3 cm³/mol. The first-order valence-corrected chi connectivity index (χ1v) is 5.00. The molecule has 0 bridgehead atoms. The summed E-state index contributed by atoms with van der Waals surface area (Å²) in [4.78, 5) is 18.0. The van der Waals surface area contributed by atoms with E-state index < -0.39 is 0 Å². The van der Waals surface area contributed by atoms with Crippen LogP contribution in [0.4, 0.5) is 0 Å². The lowest BCUT2D eigenvalue weighted by Gasteiger charge is -2.02. The molecule has 0 aliphatic carbocycles. The Hall–Kier alpha value is -1.36. The predicted octanol–water partition coefficient (Wildman–Crippen LogP) is 0.761. The average molecular weight is 211 g/mol. The van der Waals surface area contributed by atoms with Crippen molar-refractivity contribution < 1.29 is 9.53 Å². The molecule has 0 fully saturated rings. The number of methoxy groups -OCH3 is 1. The summed E-state index contributed by atoms with van der Waals surface area (Å²) >= 11 is 0. The van der Waals surface area contributed by atoms with Gasteiger partial charge in [0, 0.05) is 18.7 Å². The summed E-state index contributed by atoms with van der Waals surface area (Å²) in [5, 5.41) is 3.22. The number of rotatable bonds is 6. The summed E-state index contributed by atoms with van der Waals surface area (Å²) in [6.07, 6.45) is 2.93. The van der Waals surface area contributed by atoms with Crippen LogP contribution in [0.25, 0.3) is 0 Å². The molecule has 0 amide bonds. The van der Waals surface area contributed by atoms with Gasteiger partial charge >= 0.3 is 5.97 Å². The Morgan fingerprint density at radius 3 is 3.07 bits per heavy atom. The molecule has 1 aromatic rings. The molecule has 5 nitrogen and oxygen atoms in total. The van der Waals surface area contributed by atoms with E-state index in [0.717, 1.165) is 30.9 Å². The number of esters is 1. The summed E-state index contributed by atoms with van der Waals surface area (Å²) in [5.41, 5.74) is 2.10. The van der Waals surface area contributed by atoms with Gasteiger partial charge in [0.2, 0.25) is 0 Å². The monoisotopic (exact) mass is 211 g/mol. The first kappa shape index (κ1) is 11.7. The Morgan fingerprint density at radius 1 is 1.67 bits per heavy atom. The van der Waals surface area contributed by atoms with Gasteiger partial charge in [0.25, 0.3) is 0 Å². The van der Waals surface area contributed by atoms with E-state index in [2.05, 4.69) is 20.0 Å². The molecule has 0 saturated carbocycles. The second kappa shape index (κ2) is 6.19. The minimum absolute atomic E-state index is 0.159. The summed E-state index contributed by atoms with van der Waals surface area (Å²) in [6, 6.07) is 0. The number of carbonyl (C=O) groups is 1. The molecule has 0 aromatic carbocycles. The molecule has 0 aliphatic rings. The third-order valence-corrected chi connectivity index (χ3v) is 2.19. The molecule has 0 spiro atoms. The van der Waals surface area contributed by atoms with Gasteiger partial charge in [0.05, 0.1) is 19.1 Å². The van der Waals surface area contributed by atoms with Crippen molar-refractivity contribution in [2.24, 2.45) is 0 Å². The topological polar surface area (TPSA) is 67.0 Å². The van der Waals surface area contributed by atoms with Crippen molar-refractivity contribution in [1.82, 2.24) is 15.3 Å². The smallest absolute Gasteiger partial charge is 0.305 e. The van der Waals surface area contributed by atoms with E-state index in [1.54, 1.807) is 6.33 Å². The third kappa shape index (κ3) is 4.12. The molecule has 0 unspecified atom stereocenters. The second-order valence-electron chi connectivity index (χ2n) is 3.33. The number of carbonyl (C=O) groups excluding carboxylic acids is 1. The number of H-pyrrole nitrogens is 1. The molecule has 2 N–H and O–H groups in total. The van der Waals surface area contributed by atoms with Crippen LogP contribution in [0, 0.1) is 6.92 Å². The van der Waals surface area contributed by atoms with Crippen LogP contribution in [0.5, 0.6) is 0 Å². The number of nitrogens with one attached hydrogen (secondary N) is 2. The van der Waals surface area contributed by atoms with Crippen molar-refractivity contribution >= 4 is 5.97 Å². The zero-order valence-corrected chi connectivity index (χ0v) is 9.17. The van der Waals surface area contributed by atoms with Crippen molar-refractivity contribution in [3.8, 4) is 0 Å². The van der Waals surface area contributed by atoms with E-state index in [1.807, 2.05) is 6.92 Å². The van der Waals surface area contributed by atoms with Crippen molar-refractivity contribution in [1.29, 1.82) is 0 Å². The van der Waals surface area contributed by atoms with Crippen LogP contribution in [0.2, 0.25) is 0 Å². The zero-order chi connectivity index (χ0) is 11.1. The van der Waals surface area contributed by atoms with Gasteiger partial charge in [-0.3, -0.25) is 4.79 Å². The Labute approximate surface area is 89.2 Å². The van der Waals surface area contributed by atoms with Crippen LogP contribution in [0.1, 0.15) is 24.2 Å². The van der Waals surface area contributed by atoms with Crippen LogP contribution < -0.4 is 5.32 Å². The van der Waals surface area contributed by atoms with Crippen LogP contribution in [-0.2, 0) is 16.1 Å². The van der Waals surface area contributed by atoms with Crippen LogP contribution >= 0.6 is 0 Å². The SMILES string of the molecule is COC(=O)CCCNCc1nc[nH]c1C. The van der Waals surface area contributed by atoms with Gasteiger partial charge in [-0.1, -0.05) is 0 Å². The fourth-order valence-corrected chi connectivity index (χ4v) is 1.23. The van der Waals surface area contributed by atoms with Gasteiger partial charge in [0.15, 0.2) is 0 Å². The average Bonchev–Trinajstić information content (AvgIpc) is 2.63. The van der Waals surface area contributed by atoms with Gasteiger partial charge in [-0.15, -0.1) is 0 Å². The molecule has 0 atom stereocenters. The maximum atomic E-state index is 10.8. The number of hydrogen-bond donors (Lipinski definition) is 2. The largest absolute Gasteiger partial charge is 0.469 e. The van der Waals surface area contributed by atoms with Gasteiger partial charge < -0.3 is 15.0 Å². The Morgan fingerprint density at radius 2 is 2.47 bits per heavy atom. The number of hydrogen-bond acceptors (Lipinski definition) is 4. The molecule has 1 heterocycles. The highest BCUT2D eigenvalue weighted by Gasteiger charge is 2.01. The first-order valence-electron chi connectivity index (χ1n) is 5.00. The fourth-order valence-electron chi connectivity index (χ4n) is 1.23. The van der Waals surface area contributed by atoms with Gasteiger partial charge in [-0.2, -0.15) is 0 Å². The highest BCUT2D eigenvalue weighted by molar-refractivity contribution is 5.69. The quantitative estimate of drug-likeness (QED) is 0.538. The minimum Gasteiger partial charge on any atom is -0.469 e. The maximum Gasteiger partial charge on any atom is 0.305 e. The van der Waals surface area contributed by atoms with Crippen LogP contribution in [-0.4, -0.2) is 29.6 Å². The van der Waals surface area contributed by atoms with E-state index >= 15 is 0 Å². The summed E-state index contributed by atoms with van der Waals surface area (Å²) in [7, 11) is 1.41. The number of aryl methyl sites for hydroxylation is 1. The fraction of sp³-hybridized carbons (Fsp3) is 0.600. The number of imidazole rings is 1. The molecule has 15 heavy (non-hydrogen) atoms. The van der Waals surface area contributed by atoms with Gasteiger partial charge in [-0.25, -0.2) is 4.98 Å². The Balaban J connectivity index is 2.07. The maximum absolute atomic E-state index is 10.8. The minimum atomic E-state index is -0.159. The van der Waals surface area contributed by atoms with E-state index in [1.165, 1.54) is 7.11 Å². The molecular weight excluding hydrogens is 194 g/mol. The normalized spacial score (nSPS) is 10.3. The highest BCUT2D eigenvalue weighted by Crippen LogP contribution is 1.99. The van der Waals surface area contributed by atoms with Gasteiger partial charge in [0.1, 0.15) is 0 Å². The Bertz CT molecular complexity index is 309. The number of aromatic nitrogens is 2. The van der Waals surface area contributed by atoms with Crippen LogP contribution in [0.3, 0.4) is 0 Å². The number of ether oxygens (including phenoxy) is 1. The summed E-state index contributed by atoms with van der Waals surface area (Å²) in [6.45, 7) is 3.51. The third-order valence-electron chi connectivity index (χ3n) is 2.19. The molecule has 1 rings (SSSR count).